The Hall–Kier alpha value is -12.6. The van der Waals surface area contributed by atoms with Crippen LogP contribution in [-0.2, 0) is 21.7 Å². The van der Waals surface area contributed by atoms with E-state index in [1.807, 2.05) is 0 Å². The molecule has 0 radical (unpaired) electrons. The zero-order chi connectivity index (χ0) is 75.9. The van der Waals surface area contributed by atoms with Crippen molar-refractivity contribution in [3.8, 4) is 17.1 Å². The number of anilines is 6. The third-order valence-corrected chi connectivity index (χ3v) is 25.3. The SMILES string of the molecule is CC(C)(C)c1ccc2c(c1)c1cc(C(C)(C)C)ccc1n2-c1ccc2c(c1)N(c1ccc3c4ccccc4c4ccccc4c3c1)c1cc(-n3c4ccccc4c4ccccc43)cc3c1B2c1ccc(-n2c4ccc(C(C)(C)C)cc4c4cc(C(C)(C)C)ccc42)cc1N3c1ccc2c3ccccc3c3ccccc3c2c1. The largest absolute Gasteiger partial charge is 0.311 e. The van der Waals surface area contributed by atoms with Crippen LogP contribution in [0.5, 0.6) is 0 Å². The summed E-state index contributed by atoms with van der Waals surface area (Å²) in [5, 5.41) is 22.4. The molecule has 0 bridgehead atoms. The van der Waals surface area contributed by atoms with E-state index in [1.54, 1.807) is 0 Å². The van der Waals surface area contributed by atoms with Gasteiger partial charge in [-0.1, -0.05) is 265 Å². The van der Waals surface area contributed by atoms with E-state index in [9.17, 15) is 0 Å². The molecular formula is C106H86BN5. The van der Waals surface area contributed by atoms with Crippen molar-refractivity contribution in [1.29, 1.82) is 0 Å². The molecule has 3 aromatic heterocycles. The number of aromatic nitrogens is 3. The summed E-state index contributed by atoms with van der Waals surface area (Å²) in [6.07, 6.45) is 0. The minimum atomic E-state index is -0.239. The first-order valence-electron chi connectivity index (χ1n) is 40.0. The van der Waals surface area contributed by atoms with Gasteiger partial charge in [-0.05, 0) is 246 Å². The average molecular weight is 1440 g/mol. The summed E-state index contributed by atoms with van der Waals surface area (Å²) in [7, 11) is 0. The van der Waals surface area contributed by atoms with Crippen molar-refractivity contribution in [2.75, 3.05) is 9.80 Å². The molecule has 0 aliphatic carbocycles. The van der Waals surface area contributed by atoms with Gasteiger partial charge in [0.15, 0.2) is 0 Å². The van der Waals surface area contributed by atoms with Gasteiger partial charge in [0.25, 0.3) is 6.71 Å². The Labute approximate surface area is 653 Å². The lowest BCUT2D eigenvalue weighted by molar-refractivity contribution is 0.590. The van der Waals surface area contributed by atoms with Crippen LogP contribution in [0, 0.1) is 0 Å². The van der Waals surface area contributed by atoms with Gasteiger partial charge in [0.1, 0.15) is 0 Å². The van der Waals surface area contributed by atoms with Crippen molar-refractivity contribution in [1.82, 2.24) is 13.7 Å². The average Bonchev–Trinajstić information content (AvgIpc) is 0.829. The normalized spacial score (nSPS) is 13.5. The zero-order valence-corrected chi connectivity index (χ0v) is 65.7. The molecule has 0 atom stereocenters. The first-order chi connectivity index (χ1) is 54.1. The van der Waals surface area contributed by atoms with E-state index < -0.39 is 0 Å². The van der Waals surface area contributed by atoms with Crippen LogP contribution in [0.25, 0.3) is 147 Å². The molecule has 538 valence electrons. The van der Waals surface area contributed by atoms with Gasteiger partial charge >= 0.3 is 0 Å². The van der Waals surface area contributed by atoms with E-state index in [4.69, 9.17) is 0 Å². The van der Waals surface area contributed by atoms with Crippen LogP contribution in [0.2, 0.25) is 0 Å². The maximum absolute atomic E-state index is 2.67. The number of para-hydroxylation sites is 2. The number of nitrogens with zero attached hydrogens (tertiary/aromatic N) is 5. The molecule has 0 N–H and O–H groups in total. The number of hydrogen-bond donors (Lipinski definition) is 0. The molecule has 0 amide bonds. The molecule has 0 saturated carbocycles. The maximum atomic E-state index is 2.67. The van der Waals surface area contributed by atoms with Crippen LogP contribution >= 0.6 is 0 Å². The summed E-state index contributed by atoms with van der Waals surface area (Å²) in [6, 6.07) is 118. The molecule has 2 aliphatic heterocycles. The van der Waals surface area contributed by atoms with Crippen molar-refractivity contribution in [3.63, 3.8) is 0 Å². The molecule has 5 heterocycles. The smallest absolute Gasteiger partial charge is 0.252 e. The van der Waals surface area contributed by atoms with Crippen LogP contribution in [0.1, 0.15) is 105 Å². The van der Waals surface area contributed by atoms with Gasteiger partial charge in [-0.25, -0.2) is 0 Å². The molecule has 0 saturated heterocycles. The predicted octanol–water partition coefficient (Wildman–Crippen LogP) is 27.2. The molecule has 0 unspecified atom stereocenters. The van der Waals surface area contributed by atoms with E-state index in [0.717, 1.165) is 62.2 Å². The Morgan fingerprint density at radius 1 is 0.188 bits per heavy atom. The number of rotatable bonds is 5. The van der Waals surface area contributed by atoms with Crippen molar-refractivity contribution in [3.05, 3.63) is 326 Å². The Morgan fingerprint density at radius 2 is 0.438 bits per heavy atom. The lowest BCUT2D eigenvalue weighted by Crippen LogP contribution is -2.61. The van der Waals surface area contributed by atoms with Gasteiger partial charge in [-0.15, -0.1) is 0 Å². The Bertz CT molecular complexity index is 6860. The molecule has 0 spiro atoms. The van der Waals surface area contributed by atoms with Crippen molar-refractivity contribution < 1.29 is 0 Å². The fraction of sp³-hybridized carbons (Fsp3) is 0.151. The first-order valence-corrected chi connectivity index (χ1v) is 40.0. The van der Waals surface area contributed by atoms with E-state index in [0.29, 0.717) is 0 Å². The minimum absolute atomic E-state index is 0.0572. The van der Waals surface area contributed by atoms with Gasteiger partial charge in [0.2, 0.25) is 0 Å². The van der Waals surface area contributed by atoms with Gasteiger partial charge in [-0.3, -0.25) is 0 Å². The number of fused-ring (bicyclic) bond motifs is 25. The second-order valence-electron chi connectivity index (χ2n) is 36.1. The van der Waals surface area contributed by atoms with Crippen molar-refractivity contribution >= 4 is 187 Å². The molecule has 6 heteroatoms. The molecule has 20 aromatic rings. The van der Waals surface area contributed by atoms with E-state index in [2.05, 4.69) is 410 Å². The topological polar surface area (TPSA) is 21.3 Å². The summed E-state index contributed by atoms with van der Waals surface area (Å²) in [5.74, 6) is 0. The summed E-state index contributed by atoms with van der Waals surface area (Å²) in [6.45, 7) is 27.8. The molecule has 22 rings (SSSR count). The van der Waals surface area contributed by atoms with Gasteiger partial charge in [-0.2, -0.15) is 0 Å². The minimum Gasteiger partial charge on any atom is -0.311 e. The van der Waals surface area contributed by atoms with Crippen molar-refractivity contribution in [2.45, 2.75) is 105 Å². The van der Waals surface area contributed by atoms with Crippen LogP contribution in [0.4, 0.5) is 34.1 Å². The Balaban J connectivity index is 0.895. The molecule has 112 heavy (non-hydrogen) atoms. The second kappa shape index (κ2) is 23.5. The van der Waals surface area contributed by atoms with E-state index >= 15 is 0 Å². The van der Waals surface area contributed by atoms with Crippen LogP contribution in [0.3, 0.4) is 0 Å². The molecule has 0 fully saturated rings. The Morgan fingerprint density at radius 3 is 0.750 bits per heavy atom. The molecule has 2 aliphatic rings. The highest BCUT2D eigenvalue weighted by molar-refractivity contribution is 7.00. The highest BCUT2D eigenvalue weighted by Gasteiger charge is 2.45. The first kappa shape index (κ1) is 66.4. The lowest BCUT2D eigenvalue weighted by Gasteiger charge is -2.45. The van der Waals surface area contributed by atoms with Crippen LogP contribution in [0.15, 0.2) is 303 Å². The molecule has 5 nitrogen and oxygen atoms in total. The standard InChI is InChI=1S/C106H86BN5/c1-103(2,3)63-37-49-94-86(53-63)87-54-64(104(4,5)6)38-50-95(87)108(94)69-43-47-90-98(59-69)110(67-41-45-80-76-29-15-13-25-72(76)74-27-17-19-31-78(74)84(80)57-67)100-61-71(112-92-35-23-21-33-82(92)83-34-22-24-36-93(83)112)62-101-102(100)107(90)91-48-44-70(109-96-51-39-65(105(7,8)9)55-88(96)89-56-66(106(10,11)12)40-52-97(89)109)60-99(91)111(101)68-42-46-81-77-30-16-14-26-73(77)75-28-18-20-32-79(75)85(81)58-68/h13-62H,1-12H3. The van der Waals surface area contributed by atoms with Crippen molar-refractivity contribution in [2.24, 2.45) is 0 Å². The van der Waals surface area contributed by atoms with E-state index in [-0.39, 0.29) is 28.4 Å². The van der Waals surface area contributed by atoms with E-state index in [1.165, 1.54) is 158 Å². The highest BCUT2D eigenvalue weighted by atomic mass is 15.2. The fourth-order valence-electron chi connectivity index (χ4n) is 19.7. The van der Waals surface area contributed by atoms with Gasteiger partial charge in [0.05, 0.1) is 38.8 Å². The maximum Gasteiger partial charge on any atom is 0.252 e. The monoisotopic (exact) mass is 1440 g/mol. The highest BCUT2D eigenvalue weighted by Crippen LogP contribution is 2.52. The molecular weight excluding hydrogens is 1350 g/mol. The third-order valence-electron chi connectivity index (χ3n) is 25.3. The van der Waals surface area contributed by atoms with Gasteiger partial charge in [0, 0.05) is 77.8 Å². The number of benzene rings is 17. The third kappa shape index (κ3) is 9.70. The summed E-state index contributed by atoms with van der Waals surface area (Å²) in [5.41, 5.74) is 25.8. The van der Waals surface area contributed by atoms with Gasteiger partial charge < -0.3 is 23.5 Å². The number of hydrogen-bond acceptors (Lipinski definition) is 2. The second-order valence-corrected chi connectivity index (χ2v) is 36.1. The van der Waals surface area contributed by atoms with Crippen LogP contribution in [-0.4, -0.2) is 20.4 Å². The lowest BCUT2D eigenvalue weighted by atomic mass is 9.33. The fourth-order valence-corrected chi connectivity index (χ4v) is 19.7. The molecule has 17 aromatic carbocycles. The zero-order valence-electron chi connectivity index (χ0n) is 65.7. The summed E-state index contributed by atoms with van der Waals surface area (Å²) in [4.78, 5) is 5.34. The summed E-state index contributed by atoms with van der Waals surface area (Å²) >= 11 is 0. The Kier molecular flexibility index (Phi) is 13.9. The van der Waals surface area contributed by atoms with Crippen LogP contribution < -0.4 is 26.2 Å². The quantitative estimate of drug-likeness (QED) is 0.126. The summed E-state index contributed by atoms with van der Waals surface area (Å²) < 4.78 is 7.68. The predicted molar refractivity (Wildman–Crippen MR) is 483 cm³/mol.